The molecule has 3 aromatic rings. The zero-order valence-electron chi connectivity index (χ0n) is 19.6. The van der Waals surface area contributed by atoms with Crippen LogP contribution in [0, 0.1) is 10.8 Å². The Hall–Kier alpha value is -3.22. The third kappa shape index (κ3) is 5.29. The molecule has 0 bridgehead atoms. The number of benzene rings is 2. The number of nitrogens with zero attached hydrogens (tertiary/aromatic N) is 3. The van der Waals surface area contributed by atoms with Crippen molar-refractivity contribution in [3.63, 3.8) is 0 Å². The molecule has 0 atom stereocenters. The molecule has 0 aliphatic heterocycles. The van der Waals surface area contributed by atoms with Crippen molar-refractivity contribution in [2.45, 2.75) is 17.7 Å². The van der Waals surface area contributed by atoms with Crippen molar-refractivity contribution in [2.24, 2.45) is 0 Å². The minimum atomic E-state index is -3.83. The Labute approximate surface area is 202 Å². The Bertz CT molecular complexity index is 1360. The van der Waals surface area contributed by atoms with Crippen LogP contribution < -0.4 is 19.0 Å². The molecule has 1 heterocycles. The van der Waals surface area contributed by atoms with Crippen molar-refractivity contribution in [1.82, 2.24) is 14.1 Å². The monoisotopic (exact) mass is 505 g/mol. The molecule has 0 aliphatic rings. The highest BCUT2D eigenvalue weighted by Crippen LogP contribution is 2.34. The van der Waals surface area contributed by atoms with Crippen LogP contribution in [0.4, 0.5) is 0 Å². The Kier molecular flexibility index (Phi) is 7.75. The van der Waals surface area contributed by atoms with Gasteiger partial charge in [0.1, 0.15) is 16.6 Å². The highest BCUT2D eigenvalue weighted by molar-refractivity contribution is 7.89. The number of rotatable bonds is 9. The van der Waals surface area contributed by atoms with E-state index < -0.39 is 10.0 Å². The summed E-state index contributed by atoms with van der Waals surface area (Å²) in [6.45, 7) is 0. The van der Waals surface area contributed by atoms with E-state index in [1.807, 2.05) is 24.3 Å². The Morgan fingerprint density at radius 2 is 1.76 bits per heavy atom. The maximum atomic E-state index is 13.0. The van der Waals surface area contributed by atoms with Gasteiger partial charge in [-0.2, -0.15) is 9.78 Å². The van der Waals surface area contributed by atoms with Crippen molar-refractivity contribution in [3.8, 4) is 17.2 Å². The molecular weight excluding hydrogens is 478 g/mol. The second-order valence-corrected chi connectivity index (χ2v) is 10.6. The summed E-state index contributed by atoms with van der Waals surface area (Å²) in [6.07, 6.45) is 0.395. The number of ether oxygens (including phenoxy) is 3. The smallest absolute Gasteiger partial charge is 0.242 e. The van der Waals surface area contributed by atoms with Gasteiger partial charge in [-0.3, -0.25) is 10.8 Å². The fourth-order valence-corrected chi connectivity index (χ4v) is 5.21. The summed E-state index contributed by atoms with van der Waals surface area (Å²) in [7, 11) is 3.51. The summed E-state index contributed by atoms with van der Waals surface area (Å²) in [4.78, 5) is 0.0688. The lowest BCUT2D eigenvalue weighted by Crippen LogP contribution is -2.27. The lowest BCUT2D eigenvalue weighted by Gasteiger charge is -2.18. The van der Waals surface area contributed by atoms with Gasteiger partial charge >= 0.3 is 0 Å². The molecule has 0 saturated heterocycles. The molecule has 2 N–H and O–H groups in total. The normalized spacial score (nSPS) is 11.5. The van der Waals surface area contributed by atoms with Crippen LogP contribution >= 0.6 is 11.3 Å². The standard InChI is InChI=1S/C22H27N5O5S2/c1-26(2)34(28,29)19-13-18(32-5)17(31-4)11-15(19)12-20(23)27-22(24)33-21(25-27)10-14-7-6-8-16(9-14)30-3/h6-9,11,13,23-24H,10,12H2,1-5H3. The van der Waals surface area contributed by atoms with Gasteiger partial charge in [-0.25, -0.2) is 12.7 Å². The summed E-state index contributed by atoms with van der Waals surface area (Å²) in [5.74, 6) is 1.29. The predicted molar refractivity (Wildman–Crippen MR) is 129 cm³/mol. The van der Waals surface area contributed by atoms with Crippen LogP contribution in [0.15, 0.2) is 41.3 Å². The molecule has 3 rings (SSSR count). The maximum Gasteiger partial charge on any atom is 0.242 e. The second-order valence-electron chi connectivity index (χ2n) is 7.47. The van der Waals surface area contributed by atoms with E-state index in [0.29, 0.717) is 22.7 Å². The summed E-state index contributed by atoms with van der Waals surface area (Å²) >= 11 is 1.16. The number of aromatic nitrogens is 2. The number of methoxy groups -OCH3 is 3. The van der Waals surface area contributed by atoms with Gasteiger partial charge in [0.25, 0.3) is 0 Å². The van der Waals surface area contributed by atoms with E-state index in [1.54, 1.807) is 7.11 Å². The van der Waals surface area contributed by atoms with E-state index in [-0.39, 0.29) is 27.7 Å². The minimum absolute atomic E-state index is 0.00105. The first kappa shape index (κ1) is 25.4. The van der Waals surface area contributed by atoms with Gasteiger partial charge in [0.15, 0.2) is 11.5 Å². The third-order valence-electron chi connectivity index (χ3n) is 5.05. The van der Waals surface area contributed by atoms with Gasteiger partial charge in [-0.05, 0) is 29.3 Å². The highest BCUT2D eigenvalue weighted by atomic mass is 32.2. The third-order valence-corrected chi connectivity index (χ3v) is 7.77. The van der Waals surface area contributed by atoms with E-state index in [0.717, 1.165) is 27.0 Å². The first-order valence-corrected chi connectivity index (χ1v) is 12.4. The largest absolute Gasteiger partial charge is 0.497 e. The van der Waals surface area contributed by atoms with E-state index in [1.165, 1.54) is 45.1 Å². The fourth-order valence-electron chi connectivity index (χ4n) is 3.28. The van der Waals surface area contributed by atoms with Crippen molar-refractivity contribution >= 4 is 27.2 Å². The maximum absolute atomic E-state index is 13.0. The minimum Gasteiger partial charge on any atom is -0.497 e. The summed E-state index contributed by atoms with van der Waals surface area (Å²) in [5.41, 5.74) is 1.30. The van der Waals surface area contributed by atoms with Gasteiger partial charge in [-0.15, -0.1) is 0 Å². The summed E-state index contributed by atoms with van der Waals surface area (Å²) in [6, 6.07) is 10.5. The van der Waals surface area contributed by atoms with Crippen molar-refractivity contribution in [3.05, 3.63) is 57.3 Å². The van der Waals surface area contributed by atoms with Gasteiger partial charge in [0, 0.05) is 33.0 Å². The summed E-state index contributed by atoms with van der Waals surface area (Å²) in [5, 5.41) is 22.0. The van der Waals surface area contributed by atoms with Crippen LogP contribution in [0.3, 0.4) is 0 Å². The quantitative estimate of drug-likeness (QED) is 0.339. The lowest BCUT2D eigenvalue weighted by atomic mass is 10.1. The van der Waals surface area contributed by atoms with E-state index in [9.17, 15) is 8.42 Å². The molecule has 0 saturated carbocycles. The second kappa shape index (κ2) is 10.4. The van der Waals surface area contributed by atoms with Crippen LogP contribution in [-0.4, -0.2) is 63.8 Å². The zero-order chi connectivity index (χ0) is 25.0. The molecule has 2 aromatic carbocycles. The molecule has 0 fully saturated rings. The first-order chi connectivity index (χ1) is 16.1. The van der Waals surface area contributed by atoms with Crippen molar-refractivity contribution in [1.29, 1.82) is 10.8 Å². The average Bonchev–Trinajstić information content (AvgIpc) is 3.18. The van der Waals surface area contributed by atoms with E-state index in [4.69, 9.17) is 25.0 Å². The fraction of sp³-hybridized carbons (Fsp3) is 0.318. The Morgan fingerprint density at radius 1 is 1.09 bits per heavy atom. The van der Waals surface area contributed by atoms with Crippen LogP contribution in [0.5, 0.6) is 17.2 Å². The van der Waals surface area contributed by atoms with Crippen molar-refractivity contribution in [2.75, 3.05) is 35.4 Å². The zero-order valence-corrected chi connectivity index (χ0v) is 21.2. The molecule has 0 spiro atoms. The molecule has 10 nitrogen and oxygen atoms in total. The molecule has 0 radical (unpaired) electrons. The molecule has 182 valence electrons. The molecule has 34 heavy (non-hydrogen) atoms. The van der Waals surface area contributed by atoms with E-state index >= 15 is 0 Å². The first-order valence-electron chi connectivity index (χ1n) is 10.1. The molecule has 1 aromatic heterocycles. The lowest BCUT2D eigenvalue weighted by molar-refractivity contribution is 0.353. The van der Waals surface area contributed by atoms with Crippen LogP contribution in [0.1, 0.15) is 16.1 Å². The number of nitrogens with one attached hydrogen (secondary N) is 2. The van der Waals surface area contributed by atoms with Crippen LogP contribution in [0.25, 0.3) is 0 Å². The van der Waals surface area contributed by atoms with Gasteiger partial charge in [0.05, 0.1) is 26.2 Å². The molecular formula is C22H27N5O5S2. The molecule has 0 aliphatic carbocycles. The van der Waals surface area contributed by atoms with E-state index in [2.05, 4.69) is 5.10 Å². The number of hydrogen-bond acceptors (Lipinski definition) is 9. The average molecular weight is 506 g/mol. The van der Waals surface area contributed by atoms with Gasteiger partial charge < -0.3 is 14.2 Å². The van der Waals surface area contributed by atoms with Crippen LogP contribution in [-0.2, 0) is 22.9 Å². The Balaban J connectivity index is 1.96. The predicted octanol–water partition coefficient (Wildman–Crippen LogP) is 2.36. The molecule has 12 heteroatoms. The van der Waals surface area contributed by atoms with Gasteiger partial charge in [-0.1, -0.05) is 23.5 Å². The molecule has 0 amide bonds. The highest BCUT2D eigenvalue weighted by Gasteiger charge is 2.25. The molecule has 0 unspecified atom stereocenters. The number of sulfonamides is 1. The number of hydrogen-bond donors (Lipinski definition) is 2. The van der Waals surface area contributed by atoms with Crippen LogP contribution in [0.2, 0.25) is 0 Å². The SMILES string of the molecule is COc1cccc(Cc2nn(C(=N)Cc3cc(OC)c(OC)cc3S(=O)(=O)N(C)C)c(=N)s2)c1. The van der Waals surface area contributed by atoms with Gasteiger partial charge in [0.2, 0.25) is 14.8 Å². The topological polar surface area (TPSA) is 131 Å². The van der Waals surface area contributed by atoms with Crippen molar-refractivity contribution < 1.29 is 22.6 Å². The Morgan fingerprint density at radius 3 is 2.38 bits per heavy atom. The summed E-state index contributed by atoms with van der Waals surface area (Å²) < 4.78 is 44.1.